The molecule has 352 valence electrons. The summed E-state index contributed by atoms with van der Waals surface area (Å²) in [4.78, 5) is 58.2. The van der Waals surface area contributed by atoms with Crippen LogP contribution in [0.25, 0.3) is 0 Å². The minimum Gasteiger partial charge on any atom is -0.459 e. The van der Waals surface area contributed by atoms with E-state index in [0.29, 0.717) is 6.42 Å². The van der Waals surface area contributed by atoms with Crippen LogP contribution in [0.15, 0.2) is 5.16 Å². The molecule has 3 aliphatic rings. The second-order valence-corrected chi connectivity index (χ2v) is 18.3. The third-order valence-electron chi connectivity index (χ3n) is 12.7. The molecular formula is C43H74N2O16. The highest BCUT2D eigenvalue weighted by molar-refractivity contribution is 5.89. The third kappa shape index (κ3) is 12.7. The standard InChI is InChI=1S/C43H74N2O16/c1-17-31-43(13,52)36(49)23(4)33(44-61-29(10)48)21(2)19-41(11,51)37(60-40-35(56-27(8)46)30(45(14)15)18-22(3)54-40)24(5)34(25(6)39(50)58-31)59-32-20-42(12,53-16)38(26(7)55-32)57-28(9)47/h21-26,30-32,34-38,40,49,51-52H,17-20H2,1-16H3/b44-33-/t21-,22-,23+,24+,25-,26+,30+,31-,32+,34+,35-,36-,37-,38+,40+,41-,42-,43-/m1/s1. The largest absolute Gasteiger partial charge is 0.459 e. The lowest BCUT2D eigenvalue weighted by Crippen LogP contribution is -2.62. The number of carbonyl (C=O) groups is 4. The fraction of sp³-hybridized carbons (Fsp3) is 0.884. The molecule has 0 amide bonds. The number of rotatable bonds is 10. The fourth-order valence-electron chi connectivity index (χ4n) is 9.40. The maximum atomic E-state index is 14.4. The van der Waals surface area contributed by atoms with Gasteiger partial charge in [0.2, 0.25) is 0 Å². The zero-order valence-electron chi connectivity index (χ0n) is 39.0. The summed E-state index contributed by atoms with van der Waals surface area (Å²) in [6.07, 6.45) is -9.96. The summed E-state index contributed by atoms with van der Waals surface area (Å²) in [6, 6.07) is -0.353. The van der Waals surface area contributed by atoms with E-state index < -0.39 is 120 Å². The first kappa shape index (κ1) is 52.5. The molecule has 3 heterocycles. The molecule has 3 saturated heterocycles. The van der Waals surface area contributed by atoms with Gasteiger partial charge in [0, 0.05) is 52.1 Å². The van der Waals surface area contributed by atoms with Crippen molar-refractivity contribution in [1.29, 1.82) is 0 Å². The minimum atomic E-state index is -2.04. The van der Waals surface area contributed by atoms with Gasteiger partial charge in [-0.05, 0) is 74.9 Å². The molecule has 3 N–H and O–H groups in total. The maximum absolute atomic E-state index is 14.4. The van der Waals surface area contributed by atoms with Crippen molar-refractivity contribution < 1.29 is 77.2 Å². The smallest absolute Gasteiger partial charge is 0.331 e. The second-order valence-electron chi connectivity index (χ2n) is 18.3. The number of oxime groups is 1. The van der Waals surface area contributed by atoms with E-state index in [1.807, 2.05) is 25.9 Å². The summed E-state index contributed by atoms with van der Waals surface area (Å²) in [5.41, 5.74) is -4.88. The number of cyclic esters (lactones) is 1. The summed E-state index contributed by atoms with van der Waals surface area (Å²) in [5.74, 6) is -6.44. The Bertz CT molecular complexity index is 1540. The van der Waals surface area contributed by atoms with Crippen LogP contribution in [0, 0.1) is 23.7 Å². The van der Waals surface area contributed by atoms with Crippen LogP contribution < -0.4 is 0 Å². The van der Waals surface area contributed by atoms with E-state index in [1.165, 1.54) is 41.7 Å². The highest BCUT2D eigenvalue weighted by Crippen LogP contribution is 2.42. The molecular weight excluding hydrogens is 800 g/mol. The summed E-state index contributed by atoms with van der Waals surface area (Å²) in [7, 11) is 5.18. The molecule has 0 aliphatic carbocycles. The van der Waals surface area contributed by atoms with Gasteiger partial charge in [-0.15, -0.1) is 0 Å². The van der Waals surface area contributed by atoms with Gasteiger partial charge in [-0.25, -0.2) is 4.79 Å². The molecule has 18 atom stereocenters. The van der Waals surface area contributed by atoms with Crippen LogP contribution in [0.1, 0.15) is 116 Å². The molecule has 3 fully saturated rings. The van der Waals surface area contributed by atoms with Crippen molar-refractivity contribution in [1.82, 2.24) is 4.90 Å². The molecule has 0 radical (unpaired) electrons. The van der Waals surface area contributed by atoms with Gasteiger partial charge >= 0.3 is 23.9 Å². The number of methoxy groups -OCH3 is 1. The second kappa shape index (κ2) is 21.2. The van der Waals surface area contributed by atoms with Crippen molar-refractivity contribution in [3.05, 3.63) is 0 Å². The number of carbonyl (C=O) groups excluding carboxylic acids is 4. The number of aliphatic hydroxyl groups is 3. The number of ether oxygens (including phenoxy) is 8. The fourth-order valence-corrected chi connectivity index (χ4v) is 9.40. The van der Waals surface area contributed by atoms with Crippen molar-refractivity contribution in [2.45, 2.75) is 200 Å². The molecule has 0 unspecified atom stereocenters. The molecule has 0 saturated carbocycles. The maximum Gasteiger partial charge on any atom is 0.331 e. The first-order chi connectivity index (χ1) is 28.1. The Morgan fingerprint density at radius 3 is 1.98 bits per heavy atom. The minimum absolute atomic E-state index is 0.0460. The van der Waals surface area contributed by atoms with E-state index in [4.69, 9.17) is 42.7 Å². The highest BCUT2D eigenvalue weighted by Gasteiger charge is 2.54. The van der Waals surface area contributed by atoms with E-state index in [2.05, 4.69) is 5.16 Å². The number of hydrogen-bond donors (Lipinski definition) is 3. The first-order valence-electron chi connectivity index (χ1n) is 21.4. The van der Waals surface area contributed by atoms with Gasteiger partial charge in [0.05, 0.1) is 53.8 Å². The lowest BCUT2D eigenvalue weighted by Gasteiger charge is -2.49. The zero-order chi connectivity index (χ0) is 46.5. The van der Waals surface area contributed by atoms with Gasteiger partial charge in [0.1, 0.15) is 17.3 Å². The number of likely N-dealkylation sites (N-methyl/N-ethyl adjacent to an activating group) is 1. The predicted octanol–water partition coefficient (Wildman–Crippen LogP) is 3.28. The molecule has 18 nitrogen and oxygen atoms in total. The van der Waals surface area contributed by atoms with E-state index >= 15 is 0 Å². The van der Waals surface area contributed by atoms with E-state index in [1.54, 1.807) is 48.5 Å². The summed E-state index contributed by atoms with van der Waals surface area (Å²) < 4.78 is 49.8. The van der Waals surface area contributed by atoms with Gasteiger partial charge in [-0.1, -0.05) is 32.9 Å². The Kier molecular flexibility index (Phi) is 18.3. The number of hydrogen-bond acceptors (Lipinski definition) is 18. The monoisotopic (exact) mass is 875 g/mol. The van der Waals surface area contributed by atoms with Crippen LogP contribution >= 0.6 is 0 Å². The quantitative estimate of drug-likeness (QED) is 0.124. The Hall–Kier alpha value is -2.81. The molecule has 0 aromatic rings. The summed E-state index contributed by atoms with van der Waals surface area (Å²) in [6.45, 7) is 20.3. The Labute approximate surface area is 361 Å². The average molecular weight is 875 g/mol. The van der Waals surface area contributed by atoms with Gasteiger partial charge in [-0.2, -0.15) is 0 Å². The van der Waals surface area contributed by atoms with Crippen molar-refractivity contribution in [2.24, 2.45) is 28.8 Å². The number of aliphatic hydroxyl groups excluding tert-OH is 1. The molecule has 0 spiro atoms. The molecule has 0 bridgehead atoms. The van der Waals surface area contributed by atoms with E-state index in [9.17, 15) is 34.5 Å². The highest BCUT2D eigenvalue weighted by atomic mass is 16.7. The Morgan fingerprint density at radius 1 is 0.852 bits per heavy atom. The molecule has 61 heavy (non-hydrogen) atoms. The summed E-state index contributed by atoms with van der Waals surface area (Å²) in [5, 5.41) is 40.7. The third-order valence-corrected chi connectivity index (χ3v) is 12.7. The van der Waals surface area contributed by atoms with Crippen molar-refractivity contribution in [3.8, 4) is 0 Å². The zero-order valence-corrected chi connectivity index (χ0v) is 39.0. The van der Waals surface area contributed by atoms with Gasteiger partial charge in [0.25, 0.3) is 0 Å². The average Bonchev–Trinajstić information content (AvgIpc) is 3.15. The van der Waals surface area contributed by atoms with E-state index in [-0.39, 0.29) is 37.1 Å². The van der Waals surface area contributed by atoms with Crippen LogP contribution in [0.5, 0.6) is 0 Å². The topological polar surface area (TPSA) is 228 Å². The number of nitrogens with zero attached hydrogens (tertiary/aromatic N) is 2. The molecule has 3 aliphatic heterocycles. The number of esters is 3. The van der Waals surface area contributed by atoms with Crippen molar-refractivity contribution >= 4 is 29.6 Å². The van der Waals surface area contributed by atoms with Crippen molar-refractivity contribution in [2.75, 3.05) is 21.2 Å². The van der Waals surface area contributed by atoms with Crippen LogP contribution in [0.3, 0.4) is 0 Å². The first-order valence-corrected chi connectivity index (χ1v) is 21.4. The van der Waals surface area contributed by atoms with E-state index in [0.717, 1.165) is 0 Å². The summed E-state index contributed by atoms with van der Waals surface area (Å²) >= 11 is 0. The SMILES string of the molecule is CC[C@H]1OC(=O)[C@H](C)[C@@H](O[C@H]2C[C@@](C)(OC)[C@@H](OC(C)=O)[C@H](C)O2)[C@H](C)[C@@H](O[C@@H]2O[C@H](C)C[C@H](N(C)C)[C@H]2OC(C)=O)[C@](C)(O)C[C@@H](C)/C(=N/OC(C)=O)[C@H](C)[C@@H](O)[C@]1(C)O. The molecule has 18 heteroatoms. The Morgan fingerprint density at radius 2 is 1.46 bits per heavy atom. The Balaban J connectivity index is 2.31. The normalized spacial score (nSPS) is 43.8. The van der Waals surface area contributed by atoms with Crippen LogP contribution in [0.2, 0.25) is 0 Å². The lowest BCUT2D eigenvalue weighted by molar-refractivity contribution is -0.319. The van der Waals surface area contributed by atoms with Crippen molar-refractivity contribution in [3.63, 3.8) is 0 Å². The van der Waals surface area contributed by atoms with Crippen LogP contribution in [0.4, 0.5) is 0 Å². The van der Waals surface area contributed by atoms with Crippen LogP contribution in [-0.4, -0.2) is 155 Å². The van der Waals surface area contributed by atoms with Gasteiger partial charge < -0.3 is 63.0 Å². The molecule has 0 aromatic carbocycles. The molecule has 0 aromatic heterocycles. The van der Waals surface area contributed by atoms with Gasteiger partial charge in [0.15, 0.2) is 24.8 Å². The lowest BCUT2D eigenvalue weighted by atomic mass is 9.73. The van der Waals surface area contributed by atoms with Gasteiger partial charge in [-0.3, -0.25) is 14.4 Å². The molecule has 3 rings (SSSR count). The van der Waals surface area contributed by atoms with Crippen LogP contribution in [-0.2, 0) is 61.9 Å². The predicted molar refractivity (Wildman–Crippen MR) is 220 cm³/mol.